The molecular formula is C19H16NO3S2-. The minimum absolute atomic E-state index is 0.0192. The molecule has 1 unspecified atom stereocenters. The zero-order valence-electron chi connectivity index (χ0n) is 13.8. The van der Waals surface area contributed by atoms with Crippen molar-refractivity contribution < 1.29 is 13.6 Å². The SMILES string of the molecule is CC(=O)c1ccc(-c2cc(N(c3ccc(C)cc3)S(=O)[O-])cs2)cc1. The first-order valence-corrected chi connectivity index (χ1v) is 9.53. The van der Waals surface area contributed by atoms with Crippen LogP contribution in [0.1, 0.15) is 22.8 Å². The Bertz CT molecular complexity index is 915. The van der Waals surface area contributed by atoms with Gasteiger partial charge in [-0.25, -0.2) is 0 Å². The zero-order valence-corrected chi connectivity index (χ0v) is 15.4. The number of hydrogen-bond donors (Lipinski definition) is 0. The van der Waals surface area contributed by atoms with Gasteiger partial charge in [0.05, 0.1) is 22.6 Å². The summed E-state index contributed by atoms with van der Waals surface area (Å²) in [5.41, 5.74) is 3.85. The molecule has 1 heterocycles. The molecule has 0 aliphatic carbocycles. The quantitative estimate of drug-likeness (QED) is 0.476. The van der Waals surface area contributed by atoms with Gasteiger partial charge in [0.25, 0.3) is 0 Å². The third-order valence-electron chi connectivity index (χ3n) is 3.81. The Hall–Kier alpha value is -2.28. The third kappa shape index (κ3) is 3.87. The van der Waals surface area contributed by atoms with Gasteiger partial charge in [-0.1, -0.05) is 42.0 Å². The molecule has 0 radical (unpaired) electrons. The van der Waals surface area contributed by atoms with Crippen molar-refractivity contribution in [1.29, 1.82) is 0 Å². The maximum Gasteiger partial charge on any atom is 0.159 e. The van der Waals surface area contributed by atoms with Gasteiger partial charge in [0.15, 0.2) is 5.78 Å². The Labute approximate surface area is 153 Å². The minimum Gasteiger partial charge on any atom is -0.755 e. The number of anilines is 2. The van der Waals surface area contributed by atoms with Gasteiger partial charge in [0.1, 0.15) is 0 Å². The van der Waals surface area contributed by atoms with E-state index >= 15 is 0 Å². The Morgan fingerprint density at radius 2 is 1.68 bits per heavy atom. The summed E-state index contributed by atoms with van der Waals surface area (Å²) >= 11 is -0.959. The van der Waals surface area contributed by atoms with Gasteiger partial charge in [0.2, 0.25) is 0 Å². The molecule has 0 spiro atoms. The molecule has 4 nitrogen and oxygen atoms in total. The van der Waals surface area contributed by atoms with Crippen LogP contribution in [0.5, 0.6) is 0 Å². The molecule has 2 aromatic carbocycles. The molecule has 0 saturated heterocycles. The van der Waals surface area contributed by atoms with Crippen molar-refractivity contribution in [2.24, 2.45) is 0 Å². The maximum absolute atomic E-state index is 11.7. The lowest BCUT2D eigenvalue weighted by Gasteiger charge is -2.25. The molecule has 1 aromatic heterocycles. The first-order chi connectivity index (χ1) is 12.0. The Morgan fingerprint density at radius 3 is 2.24 bits per heavy atom. The van der Waals surface area contributed by atoms with E-state index in [2.05, 4.69) is 0 Å². The molecule has 0 aliphatic rings. The molecule has 0 fully saturated rings. The van der Waals surface area contributed by atoms with E-state index in [9.17, 15) is 13.6 Å². The van der Waals surface area contributed by atoms with Gasteiger partial charge in [-0.15, -0.1) is 11.3 Å². The molecule has 6 heteroatoms. The van der Waals surface area contributed by atoms with Crippen LogP contribution >= 0.6 is 11.3 Å². The predicted molar refractivity (Wildman–Crippen MR) is 102 cm³/mol. The van der Waals surface area contributed by atoms with Gasteiger partial charge in [-0.2, -0.15) is 0 Å². The summed E-state index contributed by atoms with van der Waals surface area (Å²) in [4.78, 5) is 12.3. The van der Waals surface area contributed by atoms with Crippen molar-refractivity contribution >= 4 is 39.8 Å². The highest BCUT2D eigenvalue weighted by Crippen LogP contribution is 2.36. The average Bonchev–Trinajstić information content (AvgIpc) is 3.06. The standard InChI is InChI=1S/C19H17NO3S2/c1-13-3-9-17(10-4-13)20(25(22)23)18-11-19(24-12-18)16-7-5-15(6-8-16)14(2)21/h3-12H,1-2H3,(H,22,23)/p-1. The Morgan fingerprint density at radius 1 is 1.04 bits per heavy atom. The van der Waals surface area contributed by atoms with Gasteiger partial charge in [-0.05, 0) is 37.6 Å². The predicted octanol–water partition coefficient (Wildman–Crippen LogP) is 4.86. The van der Waals surface area contributed by atoms with Gasteiger partial charge in [0, 0.05) is 15.8 Å². The van der Waals surface area contributed by atoms with E-state index in [0.717, 1.165) is 16.0 Å². The summed E-state index contributed by atoms with van der Waals surface area (Å²) < 4.78 is 24.8. The number of hydrogen-bond acceptors (Lipinski definition) is 4. The molecule has 3 rings (SSSR count). The highest BCUT2D eigenvalue weighted by atomic mass is 32.2. The van der Waals surface area contributed by atoms with E-state index in [-0.39, 0.29) is 5.78 Å². The normalized spacial score (nSPS) is 12.0. The maximum atomic E-state index is 11.7. The minimum atomic E-state index is -2.42. The molecule has 0 bridgehead atoms. The number of carbonyl (C=O) groups excluding carboxylic acids is 1. The van der Waals surface area contributed by atoms with Crippen molar-refractivity contribution in [3.63, 3.8) is 0 Å². The molecular weight excluding hydrogens is 354 g/mol. The summed E-state index contributed by atoms with van der Waals surface area (Å²) in [5, 5.41) is 1.81. The fraction of sp³-hybridized carbons (Fsp3) is 0.105. The summed E-state index contributed by atoms with van der Waals surface area (Å²) in [6.07, 6.45) is 0. The topological polar surface area (TPSA) is 60.4 Å². The Kier molecular flexibility index (Phi) is 5.13. The van der Waals surface area contributed by atoms with Crippen LogP contribution in [0, 0.1) is 6.92 Å². The fourth-order valence-electron chi connectivity index (χ4n) is 2.45. The number of benzene rings is 2. The highest BCUT2D eigenvalue weighted by molar-refractivity contribution is 7.81. The van der Waals surface area contributed by atoms with Crippen molar-refractivity contribution in [2.45, 2.75) is 13.8 Å². The molecule has 3 aromatic rings. The van der Waals surface area contributed by atoms with Crippen LogP contribution in [0.2, 0.25) is 0 Å². The number of thiophene rings is 1. The lowest BCUT2D eigenvalue weighted by molar-refractivity contribution is 0.101. The van der Waals surface area contributed by atoms with Crippen molar-refractivity contribution in [2.75, 3.05) is 4.31 Å². The number of nitrogens with zero attached hydrogens (tertiary/aromatic N) is 1. The smallest absolute Gasteiger partial charge is 0.159 e. The van der Waals surface area contributed by atoms with Crippen LogP contribution in [-0.4, -0.2) is 14.5 Å². The van der Waals surface area contributed by atoms with Crippen LogP contribution in [0.4, 0.5) is 11.4 Å². The lowest BCUT2D eigenvalue weighted by atomic mass is 10.1. The van der Waals surface area contributed by atoms with E-state index in [1.807, 2.05) is 42.6 Å². The molecule has 128 valence electrons. The van der Waals surface area contributed by atoms with Crippen LogP contribution in [-0.2, 0) is 11.3 Å². The highest BCUT2D eigenvalue weighted by Gasteiger charge is 2.13. The first-order valence-electron chi connectivity index (χ1n) is 7.62. The molecule has 25 heavy (non-hydrogen) atoms. The second-order valence-corrected chi connectivity index (χ2v) is 7.36. The van der Waals surface area contributed by atoms with Crippen molar-refractivity contribution in [3.05, 3.63) is 71.1 Å². The number of Topliss-reactive ketones (excluding diaryl/α,β-unsaturated/α-hetero) is 1. The lowest BCUT2D eigenvalue weighted by Crippen LogP contribution is -2.18. The number of rotatable bonds is 5. The molecule has 0 saturated carbocycles. The molecule has 0 aliphatic heterocycles. The van der Waals surface area contributed by atoms with E-state index in [4.69, 9.17) is 0 Å². The van der Waals surface area contributed by atoms with E-state index < -0.39 is 11.3 Å². The number of aryl methyl sites for hydroxylation is 1. The zero-order chi connectivity index (χ0) is 18.0. The molecule has 1 atom stereocenters. The van der Waals surface area contributed by atoms with E-state index in [0.29, 0.717) is 16.9 Å². The monoisotopic (exact) mass is 370 g/mol. The van der Waals surface area contributed by atoms with Crippen LogP contribution in [0.15, 0.2) is 60.0 Å². The number of ketones is 1. The second-order valence-electron chi connectivity index (χ2n) is 5.65. The van der Waals surface area contributed by atoms with Crippen LogP contribution in [0.3, 0.4) is 0 Å². The van der Waals surface area contributed by atoms with E-state index in [1.54, 1.807) is 24.3 Å². The largest absolute Gasteiger partial charge is 0.755 e. The van der Waals surface area contributed by atoms with Gasteiger partial charge >= 0.3 is 0 Å². The van der Waals surface area contributed by atoms with Crippen molar-refractivity contribution in [1.82, 2.24) is 0 Å². The summed E-state index contributed by atoms with van der Waals surface area (Å²) in [5.74, 6) is 0.0192. The summed E-state index contributed by atoms with van der Waals surface area (Å²) in [6.45, 7) is 3.48. The molecule has 0 amide bonds. The van der Waals surface area contributed by atoms with E-state index in [1.165, 1.54) is 22.6 Å². The van der Waals surface area contributed by atoms with Crippen LogP contribution in [0.25, 0.3) is 10.4 Å². The summed E-state index contributed by atoms with van der Waals surface area (Å²) in [7, 11) is 0. The fourth-order valence-corrected chi connectivity index (χ4v) is 3.97. The number of carbonyl (C=O) groups is 1. The van der Waals surface area contributed by atoms with Crippen molar-refractivity contribution in [3.8, 4) is 10.4 Å². The van der Waals surface area contributed by atoms with Gasteiger partial charge in [-0.3, -0.25) is 13.3 Å². The molecule has 0 N–H and O–H groups in total. The van der Waals surface area contributed by atoms with Crippen LogP contribution < -0.4 is 4.31 Å². The van der Waals surface area contributed by atoms with Gasteiger partial charge < -0.3 is 4.55 Å². The second kappa shape index (κ2) is 7.31. The Balaban J connectivity index is 1.94. The first kappa shape index (κ1) is 17.5. The summed E-state index contributed by atoms with van der Waals surface area (Å²) in [6, 6.07) is 16.5. The average molecular weight is 370 g/mol. The third-order valence-corrected chi connectivity index (χ3v) is 5.50.